The van der Waals surface area contributed by atoms with Gasteiger partial charge in [0.05, 0.1) is 5.56 Å². The number of amides is 1. The molecule has 0 spiro atoms. The van der Waals surface area contributed by atoms with E-state index in [-0.39, 0.29) is 16.9 Å². The second kappa shape index (κ2) is 5.23. The van der Waals surface area contributed by atoms with E-state index in [0.717, 1.165) is 11.0 Å². The van der Waals surface area contributed by atoms with Gasteiger partial charge in [0.1, 0.15) is 11.2 Å². The van der Waals surface area contributed by atoms with Crippen LogP contribution in [0.3, 0.4) is 0 Å². The minimum atomic E-state index is -4.53. The maximum absolute atomic E-state index is 12.9. The summed E-state index contributed by atoms with van der Waals surface area (Å²) in [5, 5.41) is 0.264. The lowest BCUT2D eigenvalue weighted by molar-refractivity contribution is -0.136. The first kappa shape index (κ1) is 16.2. The summed E-state index contributed by atoms with van der Waals surface area (Å²) in [6.07, 6.45) is -5.24. The number of carbonyl (C=O) groups is 1. The lowest BCUT2D eigenvalue weighted by Gasteiger charge is -2.23. The fourth-order valence-corrected chi connectivity index (χ4v) is 1.86. The number of fused-ring (bicyclic) bond motifs is 1. The Morgan fingerprint density at radius 3 is 2.41 bits per heavy atom. The molecule has 22 heavy (non-hydrogen) atoms. The van der Waals surface area contributed by atoms with Crippen molar-refractivity contribution in [3.05, 3.63) is 29.8 Å². The van der Waals surface area contributed by atoms with Gasteiger partial charge in [-0.2, -0.15) is 13.2 Å². The van der Waals surface area contributed by atoms with Crippen LogP contribution < -0.4 is 4.90 Å². The number of benzene rings is 1. The van der Waals surface area contributed by atoms with Crippen molar-refractivity contribution >= 4 is 22.9 Å². The van der Waals surface area contributed by atoms with Crippen molar-refractivity contribution in [3.8, 4) is 0 Å². The average Bonchev–Trinajstić information content (AvgIpc) is 2.77. The third-order valence-electron chi connectivity index (χ3n) is 2.83. The van der Waals surface area contributed by atoms with Crippen LogP contribution in [0.1, 0.15) is 26.3 Å². The van der Waals surface area contributed by atoms with E-state index in [1.807, 2.05) is 0 Å². The molecule has 0 aliphatic heterocycles. The number of anilines is 1. The maximum Gasteiger partial charge on any atom is 0.420 e. The number of para-hydroxylation sites is 1. The van der Waals surface area contributed by atoms with Gasteiger partial charge in [0.25, 0.3) is 0 Å². The Bertz CT molecular complexity index is 698. The van der Waals surface area contributed by atoms with Crippen LogP contribution in [0.5, 0.6) is 0 Å². The zero-order chi connectivity index (χ0) is 16.7. The van der Waals surface area contributed by atoms with Crippen molar-refractivity contribution in [2.45, 2.75) is 32.5 Å². The molecule has 2 rings (SSSR count). The van der Waals surface area contributed by atoms with Gasteiger partial charge >= 0.3 is 12.3 Å². The number of nitrogens with zero attached hydrogens (tertiary/aromatic N) is 1. The summed E-state index contributed by atoms with van der Waals surface area (Å²) in [6.45, 7) is 5.08. The Morgan fingerprint density at radius 1 is 1.23 bits per heavy atom. The molecule has 0 atom stereocenters. The molecule has 2 aromatic rings. The molecule has 0 bridgehead atoms. The Hall–Kier alpha value is -2.18. The molecule has 0 saturated carbocycles. The highest BCUT2D eigenvalue weighted by Crippen LogP contribution is 2.37. The molecule has 1 aromatic heterocycles. The van der Waals surface area contributed by atoms with Crippen LogP contribution >= 0.6 is 0 Å². The van der Waals surface area contributed by atoms with Crippen LogP contribution in [0.2, 0.25) is 0 Å². The predicted octanol–water partition coefficient (Wildman–Crippen LogP) is 4.82. The van der Waals surface area contributed by atoms with E-state index in [2.05, 4.69) is 0 Å². The largest absolute Gasteiger partial charge is 0.443 e. The molecule has 0 aliphatic carbocycles. The Kier molecular flexibility index (Phi) is 3.85. The minimum absolute atomic E-state index is 0.0130. The van der Waals surface area contributed by atoms with Gasteiger partial charge in [-0.1, -0.05) is 12.1 Å². The van der Waals surface area contributed by atoms with Crippen LogP contribution in [0.25, 0.3) is 11.0 Å². The van der Waals surface area contributed by atoms with Gasteiger partial charge in [-0.15, -0.1) is 0 Å². The molecule has 0 N–H and O–H groups in total. The topological polar surface area (TPSA) is 42.7 Å². The van der Waals surface area contributed by atoms with Crippen LogP contribution in [0.4, 0.5) is 23.8 Å². The van der Waals surface area contributed by atoms with Gasteiger partial charge in [0, 0.05) is 18.5 Å². The highest BCUT2D eigenvalue weighted by atomic mass is 19.4. The zero-order valence-electron chi connectivity index (χ0n) is 12.6. The molecule has 4 nitrogen and oxygen atoms in total. The van der Waals surface area contributed by atoms with Crippen molar-refractivity contribution < 1.29 is 27.1 Å². The molecule has 120 valence electrons. The molecule has 0 fully saturated rings. The molecule has 1 heterocycles. The fourth-order valence-electron chi connectivity index (χ4n) is 1.86. The van der Waals surface area contributed by atoms with E-state index in [0.29, 0.717) is 0 Å². The smallest absolute Gasteiger partial charge is 0.420 e. The normalized spacial score (nSPS) is 12.5. The van der Waals surface area contributed by atoms with E-state index in [9.17, 15) is 18.0 Å². The van der Waals surface area contributed by atoms with Gasteiger partial charge in [-0.25, -0.2) is 4.79 Å². The summed E-state index contributed by atoms with van der Waals surface area (Å²) in [6, 6.07) is 5.08. The third-order valence-corrected chi connectivity index (χ3v) is 2.83. The summed E-state index contributed by atoms with van der Waals surface area (Å²) >= 11 is 0. The number of hydrogen-bond acceptors (Lipinski definition) is 3. The zero-order valence-corrected chi connectivity index (χ0v) is 12.6. The number of carbonyl (C=O) groups excluding carboxylic acids is 1. The molecular formula is C15H16F3NO3. The van der Waals surface area contributed by atoms with E-state index in [1.54, 1.807) is 20.8 Å². The summed E-state index contributed by atoms with van der Waals surface area (Å²) < 4.78 is 49.2. The quantitative estimate of drug-likeness (QED) is 0.757. The highest BCUT2D eigenvalue weighted by Gasteiger charge is 2.34. The molecule has 0 radical (unpaired) electrons. The summed E-state index contributed by atoms with van der Waals surface area (Å²) in [5.74, 6) is -0.0130. The molecule has 0 unspecified atom stereocenters. The van der Waals surface area contributed by atoms with Crippen molar-refractivity contribution in [1.82, 2.24) is 0 Å². The number of furan rings is 1. The fraction of sp³-hybridized carbons (Fsp3) is 0.400. The van der Waals surface area contributed by atoms with E-state index in [1.165, 1.54) is 25.2 Å². The van der Waals surface area contributed by atoms with E-state index in [4.69, 9.17) is 9.15 Å². The standard InChI is InChI=1S/C15H16F3NO3/c1-14(2,3)22-13(20)19(4)11-8-9-6-5-7-10(12(9)21-11)15(16,17)18/h5-8H,1-4H3. The number of ether oxygens (including phenoxy) is 1. The van der Waals surface area contributed by atoms with Crippen LogP contribution in [-0.4, -0.2) is 18.7 Å². The summed E-state index contributed by atoms with van der Waals surface area (Å²) in [5.41, 5.74) is -1.90. The first-order chi connectivity index (χ1) is 9.99. The second-order valence-corrected chi connectivity index (χ2v) is 5.85. The maximum atomic E-state index is 12.9. The van der Waals surface area contributed by atoms with E-state index < -0.39 is 23.4 Å². The summed E-state index contributed by atoms with van der Waals surface area (Å²) in [4.78, 5) is 13.0. The van der Waals surface area contributed by atoms with Crippen LogP contribution in [0.15, 0.2) is 28.7 Å². The molecular weight excluding hydrogens is 299 g/mol. The van der Waals surface area contributed by atoms with Crippen LogP contribution in [0, 0.1) is 0 Å². The van der Waals surface area contributed by atoms with Gasteiger partial charge in [0.15, 0.2) is 0 Å². The minimum Gasteiger partial charge on any atom is -0.443 e. The number of halogens is 3. The highest BCUT2D eigenvalue weighted by molar-refractivity contribution is 5.91. The predicted molar refractivity (Wildman–Crippen MR) is 75.9 cm³/mol. The van der Waals surface area contributed by atoms with Crippen molar-refractivity contribution in [2.24, 2.45) is 0 Å². The van der Waals surface area contributed by atoms with Crippen LogP contribution in [-0.2, 0) is 10.9 Å². The van der Waals surface area contributed by atoms with E-state index >= 15 is 0 Å². The number of rotatable bonds is 1. The second-order valence-electron chi connectivity index (χ2n) is 5.85. The first-order valence-electron chi connectivity index (χ1n) is 6.55. The lowest BCUT2D eigenvalue weighted by Crippen LogP contribution is -2.33. The monoisotopic (exact) mass is 315 g/mol. The summed E-state index contributed by atoms with van der Waals surface area (Å²) in [7, 11) is 1.37. The van der Waals surface area contributed by atoms with Gasteiger partial charge < -0.3 is 9.15 Å². The Morgan fingerprint density at radius 2 is 1.86 bits per heavy atom. The van der Waals surface area contributed by atoms with Crippen molar-refractivity contribution in [3.63, 3.8) is 0 Å². The molecule has 1 amide bonds. The van der Waals surface area contributed by atoms with Gasteiger partial charge in [0.2, 0.25) is 5.88 Å². The Labute approximate surface area is 125 Å². The average molecular weight is 315 g/mol. The molecule has 0 saturated heterocycles. The van der Waals surface area contributed by atoms with Gasteiger partial charge in [-0.3, -0.25) is 4.90 Å². The van der Waals surface area contributed by atoms with Crippen molar-refractivity contribution in [2.75, 3.05) is 11.9 Å². The first-order valence-corrected chi connectivity index (χ1v) is 6.55. The third kappa shape index (κ3) is 3.35. The molecule has 7 heteroatoms. The van der Waals surface area contributed by atoms with Gasteiger partial charge in [-0.05, 0) is 26.8 Å². The van der Waals surface area contributed by atoms with Crippen molar-refractivity contribution in [1.29, 1.82) is 0 Å². The lowest BCUT2D eigenvalue weighted by atomic mass is 10.1. The Balaban J connectivity index is 2.40. The molecule has 0 aliphatic rings. The number of alkyl halides is 3. The molecule has 1 aromatic carbocycles. The SMILES string of the molecule is CN(C(=O)OC(C)(C)C)c1cc2cccc(C(F)(F)F)c2o1. The number of hydrogen-bond donors (Lipinski definition) is 0.